The molecule has 1 atom stereocenters. The Morgan fingerprint density at radius 2 is 1.69 bits per heavy atom. The van der Waals surface area contributed by atoms with E-state index in [9.17, 15) is 4.79 Å². The largest absolute Gasteiger partial charge is 0.377 e. The number of allylic oxidation sites excluding steroid dienone is 1. The van der Waals surface area contributed by atoms with Crippen molar-refractivity contribution in [3.8, 4) is 11.1 Å². The van der Waals surface area contributed by atoms with Gasteiger partial charge in [-0.3, -0.25) is 9.69 Å². The van der Waals surface area contributed by atoms with Gasteiger partial charge in [0.1, 0.15) is 11.5 Å². The Morgan fingerprint density at radius 1 is 0.938 bits per heavy atom. The minimum atomic E-state index is -0.693. The van der Waals surface area contributed by atoms with Gasteiger partial charge >= 0.3 is 0 Å². The van der Waals surface area contributed by atoms with E-state index in [4.69, 9.17) is 0 Å². The van der Waals surface area contributed by atoms with Crippen LogP contribution in [0.4, 0.5) is 20.2 Å². The van der Waals surface area contributed by atoms with E-state index in [0.29, 0.717) is 23.5 Å². The number of fused-ring (bicyclic) bond motifs is 1. The number of aromatic amines is 1. The smallest absolute Gasteiger partial charge is 0.222 e. The molecular formula is C51H61F2N9OS. The summed E-state index contributed by atoms with van der Waals surface area (Å²) in [6.07, 6.45) is 9.25. The molecule has 0 spiro atoms. The Labute approximate surface area is 381 Å². The number of rotatable bonds is 16. The molecule has 0 aliphatic carbocycles. The molecule has 3 aliphatic heterocycles. The van der Waals surface area contributed by atoms with Crippen LogP contribution in [0.15, 0.2) is 110 Å². The second-order valence-electron chi connectivity index (χ2n) is 17.4. The third-order valence-electron chi connectivity index (χ3n) is 13.1. The number of amides is 1. The normalized spacial score (nSPS) is 17.8. The molecule has 1 amide bonds. The molecule has 5 aromatic rings. The van der Waals surface area contributed by atoms with Gasteiger partial charge in [-0.15, -0.1) is 0 Å². The first-order chi connectivity index (χ1) is 31.0. The molecule has 3 aromatic carbocycles. The number of pyridine rings is 1. The van der Waals surface area contributed by atoms with E-state index in [0.717, 1.165) is 125 Å². The zero-order valence-electron chi connectivity index (χ0n) is 37.2. The predicted octanol–water partition coefficient (Wildman–Crippen LogP) is 9.99. The van der Waals surface area contributed by atoms with Crippen LogP contribution in [-0.4, -0.2) is 100 Å². The molecule has 13 heteroatoms. The van der Waals surface area contributed by atoms with Crippen molar-refractivity contribution in [1.29, 1.82) is 0 Å². The molecule has 3 fully saturated rings. The summed E-state index contributed by atoms with van der Waals surface area (Å²) in [5.74, 6) is -0.532. The standard InChI is InChI=1S/C51H61F2N9OS/c1-6-59(5)64-58-47-20-18-45(52)49(50(47)53)35(3)44-32-55-51-43(44)30-41(31-54-51)39-12-10-37(11-13-39)33-61-26-28-62(29-27-61)48(63)8-7-23-60-24-21-40(22-25-60)38-14-16-42(17-15-38)57-46-19-9-34(2)56-36(46)4/h10-18,20,30-32,40,46,56-58H,2-4,6-9,19,21-29,33H2,1,5H3,(H,54,55). The molecule has 336 valence electrons. The first kappa shape index (κ1) is 45.1. The van der Waals surface area contributed by atoms with E-state index in [-0.39, 0.29) is 28.8 Å². The van der Waals surface area contributed by atoms with Crippen molar-refractivity contribution in [1.82, 2.24) is 34.3 Å². The van der Waals surface area contributed by atoms with Gasteiger partial charge in [-0.25, -0.2) is 18.1 Å². The van der Waals surface area contributed by atoms with Crippen molar-refractivity contribution in [2.75, 3.05) is 69.4 Å². The number of aromatic nitrogens is 2. The monoisotopic (exact) mass is 885 g/mol. The summed E-state index contributed by atoms with van der Waals surface area (Å²) in [4.78, 5) is 28.0. The van der Waals surface area contributed by atoms with Gasteiger partial charge in [0.2, 0.25) is 5.91 Å². The molecule has 3 saturated heterocycles. The number of carbonyl (C=O) groups is 1. The van der Waals surface area contributed by atoms with Crippen LogP contribution in [0.2, 0.25) is 0 Å². The second-order valence-corrected chi connectivity index (χ2v) is 18.4. The van der Waals surface area contributed by atoms with Crippen molar-refractivity contribution in [2.45, 2.75) is 64.0 Å². The number of piperidine rings is 2. The van der Waals surface area contributed by atoms with Crippen LogP contribution in [0, 0.1) is 11.6 Å². The van der Waals surface area contributed by atoms with Crippen molar-refractivity contribution >= 4 is 46.0 Å². The lowest BCUT2D eigenvalue weighted by Crippen LogP contribution is -2.48. The number of anilines is 2. The first-order valence-corrected chi connectivity index (χ1v) is 23.4. The predicted molar refractivity (Wildman–Crippen MR) is 260 cm³/mol. The van der Waals surface area contributed by atoms with Gasteiger partial charge in [-0.05, 0) is 117 Å². The Hall–Kier alpha value is -5.47. The highest BCUT2D eigenvalue weighted by molar-refractivity contribution is 7.98. The Morgan fingerprint density at radius 3 is 2.41 bits per heavy atom. The molecule has 0 bridgehead atoms. The molecule has 4 N–H and O–H groups in total. The van der Waals surface area contributed by atoms with Gasteiger partial charge in [-0.2, -0.15) is 0 Å². The summed E-state index contributed by atoms with van der Waals surface area (Å²) in [5, 5.41) is 7.63. The van der Waals surface area contributed by atoms with Gasteiger partial charge in [0.25, 0.3) is 0 Å². The number of likely N-dealkylation sites (tertiary alicyclic amines) is 1. The SMILES string of the molecule is C=C1CCC(Nc2ccc(C3CCN(CCCC(=O)N4CCN(Cc5ccc(-c6cnc7[nH]cc(C(=C)c8c(F)ccc(NSN(C)CC)c8F)c7c6)cc5)CC4)CC3)cc2)C(=C)N1. The molecule has 5 heterocycles. The van der Waals surface area contributed by atoms with Gasteiger partial charge in [0.05, 0.1) is 17.3 Å². The highest BCUT2D eigenvalue weighted by atomic mass is 32.2. The second kappa shape index (κ2) is 20.6. The summed E-state index contributed by atoms with van der Waals surface area (Å²) >= 11 is 1.24. The van der Waals surface area contributed by atoms with Gasteiger partial charge in [-0.1, -0.05) is 63.1 Å². The van der Waals surface area contributed by atoms with Crippen molar-refractivity contribution < 1.29 is 13.6 Å². The Balaban J connectivity index is 0.766. The summed E-state index contributed by atoms with van der Waals surface area (Å²) in [6.45, 7) is 22.2. The van der Waals surface area contributed by atoms with E-state index >= 15 is 8.78 Å². The van der Waals surface area contributed by atoms with E-state index in [1.165, 1.54) is 35.4 Å². The topological polar surface area (TPSA) is 94.8 Å². The van der Waals surface area contributed by atoms with Crippen molar-refractivity contribution in [3.05, 3.63) is 144 Å². The minimum Gasteiger partial charge on any atom is -0.377 e. The summed E-state index contributed by atoms with van der Waals surface area (Å²) in [7, 11) is 1.88. The third kappa shape index (κ3) is 10.7. The zero-order chi connectivity index (χ0) is 44.7. The zero-order valence-corrected chi connectivity index (χ0v) is 38.0. The molecule has 0 saturated carbocycles. The lowest BCUT2D eigenvalue weighted by molar-refractivity contribution is -0.133. The highest BCUT2D eigenvalue weighted by Crippen LogP contribution is 2.36. The van der Waals surface area contributed by atoms with Crippen LogP contribution in [-0.2, 0) is 11.3 Å². The number of hydrogen-bond donors (Lipinski definition) is 4. The molecule has 8 rings (SSSR count). The number of nitrogens with zero attached hydrogens (tertiary/aromatic N) is 5. The fraction of sp³-hybridized carbons (Fsp3) is 0.373. The molecular weight excluding hydrogens is 825 g/mol. The number of nitrogens with one attached hydrogen (secondary N) is 4. The van der Waals surface area contributed by atoms with E-state index < -0.39 is 11.6 Å². The Kier molecular flexibility index (Phi) is 14.5. The third-order valence-corrected chi connectivity index (χ3v) is 14.0. The van der Waals surface area contributed by atoms with Gasteiger partial charge in [0.15, 0.2) is 5.82 Å². The first-order valence-electron chi connectivity index (χ1n) is 22.6. The summed E-state index contributed by atoms with van der Waals surface area (Å²) < 4.78 is 35.7. The minimum absolute atomic E-state index is 0.174. The van der Waals surface area contributed by atoms with Crippen LogP contribution in [0.3, 0.4) is 0 Å². The fourth-order valence-corrected chi connectivity index (χ4v) is 9.59. The molecule has 3 aliphatic rings. The quantitative estimate of drug-likeness (QED) is 0.0723. The fourth-order valence-electron chi connectivity index (χ4n) is 9.04. The van der Waals surface area contributed by atoms with Crippen LogP contribution in [0.5, 0.6) is 0 Å². The van der Waals surface area contributed by atoms with Gasteiger partial charge in [0, 0.05) is 104 Å². The average molecular weight is 886 g/mol. The van der Waals surface area contributed by atoms with Crippen LogP contribution in [0.1, 0.15) is 73.6 Å². The highest BCUT2D eigenvalue weighted by Gasteiger charge is 2.25. The Bertz CT molecular complexity index is 2450. The molecule has 1 unspecified atom stereocenters. The summed E-state index contributed by atoms with van der Waals surface area (Å²) in [5.41, 5.74) is 9.08. The van der Waals surface area contributed by atoms with Crippen LogP contribution in [0.25, 0.3) is 27.7 Å². The lowest BCUT2D eigenvalue weighted by atomic mass is 9.89. The van der Waals surface area contributed by atoms with Crippen LogP contribution >= 0.6 is 12.1 Å². The maximum Gasteiger partial charge on any atom is 0.222 e. The number of piperazine rings is 1. The van der Waals surface area contributed by atoms with Gasteiger partial charge < -0.3 is 30.1 Å². The van der Waals surface area contributed by atoms with Crippen molar-refractivity contribution in [3.63, 3.8) is 0 Å². The molecule has 0 radical (unpaired) electrons. The molecule has 2 aromatic heterocycles. The molecule has 64 heavy (non-hydrogen) atoms. The van der Waals surface area contributed by atoms with E-state index in [1.54, 1.807) is 12.4 Å². The van der Waals surface area contributed by atoms with Crippen LogP contribution < -0.4 is 15.4 Å². The lowest BCUT2D eigenvalue weighted by Gasteiger charge is -2.35. The maximum absolute atomic E-state index is 15.7. The number of hydrogen-bond acceptors (Lipinski definition) is 9. The number of halogens is 2. The number of carbonyl (C=O) groups excluding carboxylic acids is 1. The number of H-pyrrole nitrogens is 1. The summed E-state index contributed by atoms with van der Waals surface area (Å²) in [6, 6.07) is 22.3. The number of benzene rings is 3. The average Bonchev–Trinajstić information content (AvgIpc) is 3.74. The van der Waals surface area contributed by atoms with Crippen molar-refractivity contribution in [2.24, 2.45) is 0 Å². The molecule has 10 nitrogen and oxygen atoms in total. The maximum atomic E-state index is 15.7. The van der Waals surface area contributed by atoms with E-state index in [1.807, 2.05) is 29.2 Å². The van der Waals surface area contributed by atoms with E-state index in [2.05, 4.69) is 103 Å².